The van der Waals surface area contributed by atoms with Gasteiger partial charge in [0, 0.05) is 25.9 Å². The molecular formula is C17H20N2O5S. The SMILES string of the molecule is COC(CCc1ncc[nH]1)c1ccc2ccccc2c1.O=S(=O)(O)O. The zero-order valence-corrected chi connectivity index (χ0v) is 14.5. The fraction of sp³-hybridized carbons (Fsp3) is 0.235. The van der Waals surface area contributed by atoms with Gasteiger partial charge < -0.3 is 9.72 Å². The number of aromatic amines is 1. The number of aryl methyl sites for hydroxylation is 1. The highest BCUT2D eigenvalue weighted by molar-refractivity contribution is 7.79. The molecule has 0 aliphatic rings. The standard InChI is InChI=1S/C17H18N2O.H2O4S/c1-20-16(8-9-17-18-10-11-19-17)15-7-6-13-4-2-3-5-14(13)12-15;1-5(2,3)4/h2-7,10-12,16H,8-9H2,1H3,(H,18,19);(H2,1,2,3,4). The van der Waals surface area contributed by atoms with Gasteiger partial charge in [-0.2, -0.15) is 8.42 Å². The van der Waals surface area contributed by atoms with Crippen LogP contribution < -0.4 is 0 Å². The summed E-state index contributed by atoms with van der Waals surface area (Å²) in [5, 5.41) is 2.52. The van der Waals surface area contributed by atoms with E-state index in [2.05, 4.69) is 52.4 Å². The summed E-state index contributed by atoms with van der Waals surface area (Å²) in [5.74, 6) is 1.01. The topological polar surface area (TPSA) is 113 Å². The van der Waals surface area contributed by atoms with E-state index >= 15 is 0 Å². The predicted molar refractivity (Wildman–Crippen MR) is 94.8 cm³/mol. The fourth-order valence-electron chi connectivity index (χ4n) is 2.53. The molecule has 0 spiro atoms. The number of nitrogens with one attached hydrogen (secondary N) is 1. The lowest BCUT2D eigenvalue weighted by Crippen LogP contribution is -2.04. The Balaban J connectivity index is 0.000000399. The maximum atomic E-state index is 8.74. The maximum Gasteiger partial charge on any atom is 0.394 e. The van der Waals surface area contributed by atoms with Crippen LogP contribution in [0.2, 0.25) is 0 Å². The van der Waals surface area contributed by atoms with Crippen LogP contribution in [-0.4, -0.2) is 34.6 Å². The van der Waals surface area contributed by atoms with Gasteiger partial charge >= 0.3 is 10.4 Å². The second-order valence-electron chi connectivity index (χ2n) is 5.35. The van der Waals surface area contributed by atoms with Crippen LogP contribution in [-0.2, 0) is 21.6 Å². The quantitative estimate of drug-likeness (QED) is 0.599. The number of benzene rings is 2. The number of aromatic nitrogens is 2. The third-order valence-electron chi connectivity index (χ3n) is 3.63. The zero-order chi connectivity index (χ0) is 18.3. The highest BCUT2D eigenvalue weighted by atomic mass is 32.3. The van der Waals surface area contributed by atoms with E-state index in [1.165, 1.54) is 16.3 Å². The Hall–Kier alpha value is -2.26. The molecule has 8 heteroatoms. The van der Waals surface area contributed by atoms with Crippen molar-refractivity contribution >= 4 is 21.2 Å². The van der Waals surface area contributed by atoms with Gasteiger partial charge in [0.2, 0.25) is 0 Å². The van der Waals surface area contributed by atoms with Crippen molar-refractivity contribution in [3.63, 3.8) is 0 Å². The van der Waals surface area contributed by atoms with Gasteiger partial charge in [-0.1, -0.05) is 36.4 Å². The van der Waals surface area contributed by atoms with Gasteiger partial charge in [-0.15, -0.1) is 0 Å². The van der Waals surface area contributed by atoms with E-state index < -0.39 is 10.4 Å². The van der Waals surface area contributed by atoms with Crippen molar-refractivity contribution in [2.75, 3.05) is 7.11 Å². The average molecular weight is 364 g/mol. The molecule has 0 fully saturated rings. The molecule has 1 atom stereocenters. The van der Waals surface area contributed by atoms with Crippen molar-refractivity contribution < 1.29 is 22.3 Å². The summed E-state index contributed by atoms with van der Waals surface area (Å²) in [6.45, 7) is 0. The number of methoxy groups -OCH3 is 1. The first-order valence-electron chi connectivity index (χ1n) is 7.56. The molecule has 1 unspecified atom stereocenters. The first-order chi connectivity index (χ1) is 11.9. The molecule has 0 aliphatic heterocycles. The van der Waals surface area contributed by atoms with Crippen LogP contribution in [0.3, 0.4) is 0 Å². The number of fused-ring (bicyclic) bond motifs is 1. The number of ether oxygens (including phenoxy) is 1. The van der Waals surface area contributed by atoms with E-state index in [-0.39, 0.29) is 6.10 Å². The summed E-state index contributed by atoms with van der Waals surface area (Å²) in [5.41, 5.74) is 1.22. The van der Waals surface area contributed by atoms with E-state index in [1.54, 1.807) is 13.3 Å². The third-order valence-corrected chi connectivity index (χ3v) is 3.63. The van der Waals surface area contributed by atoms with Crippen molar-refractivity contribution in [2.24, 2.45) is 0 Å². The van der Waals surface area contributed by atoms with E-state index in [0.29, 0.717) is 0 Å². The molecule has 3 rings (SSSR count). The molecule has 0 bridgehead atoms. The molecule has 7 nitrogen and oxygen atoms in total. The van der Waals surface area contributed by atoms with Gasteiger partial charge in [0.1, 0.15) is 5.82 Å². The molecule has 0 aliphatic carbocycles. The third kappa shape index (κ3) is 6.63. The van der Waals surface area contributed by atoms with E-state index in [0.717, 1.165) is 18.7 Å². The minimum Gasteiger partial charge on any atom is -0.377 e. The summed E-state index contributed by atoms with van der Waals surface area (Å²) >= 11 is 0. The van der Waals surface area contributed by atoms with Gasteiger partial charge in [-0.3, -0.25) is 9.11 Å². The van der Waals surface area contributed by atoms with E-state index in [4.69, 9.17) is 22.3 Å². The lowest BCUT2D eigenvalue weighted by molar-refractivity contribution is 0.0956. The lowest BCUT2D eigenvalue weighted by Gasteiger charge is -2.16. The first-order valence-corrected chi connectivity index (χ1v) is 8.96. The molecule has 0 amide bonds. The number of H-pyrrole nitrogens is 1. The van der Waals surface area contributed by atoms with Crippen LogP contribution in [0.5, 0.6) is 0 Å². The molecule has 0 saturated carbocycles. The second kappa shape index (κ2) is 8.72. The molecule has 25 heavy (non-hydrogen) atoms. The Morgan fingerprint density at radius 3 is 2.44 bits per heavy atom. The van der Waals surface area contributed by atoms with Crippen LogP contribution in [0, 0.1) is 0 Å². The van der Waals surface area contributed by atoms with Gasteiger partial charge in [-0.25, -0.2) is 4.98 Å². The lowest BCUT2D eigenvalue weighted by atomic mass is 10.0. The zero-order valence-electron chi connectivity index (χ0n) is 13.7. The summed E-state index contributed by atoms with van der Waals surface area (Å²) < 4.78 is 37.2. The molecule has 2 aromatic carbocycles. The van der Waals surface area contributed by atoms with Gasteiger partial charge in [-0.05, 0) is 28.8 Å². The Bertz CT molecular complexity index is 886. The summed E-state index contributed by atoms with van der Waals surface area (Å²) in [6, 6.07) is 14.9. The van der Waals surface area contributed by atoms with E-state index in [1.807, 2.05) is 6.20 Å². The number of hydrogen-bond donors (Lipinski definition) is 3. The molecule has 1 aromatic heterocycles. The molecule has 134 valence electrons. The number of imidazole rings is 1. The van der Waals surface area contributed by atoms with Crippen LogP contribution in [0.4, 0.5) is 0 Å². The van der Waals surface area contributed by atoms with Crippen molar-refractivity contribution in [1.82, 2.24) is 9.97 Å². The molecule has 0 radical (unpaired) electrons. The van der Waals surface area contributed by atoms with Gasteiger partial charge in [0.25, 0.3) is 0 Å². The largest absolute Gasteiger partial charge is 0.394 e. The predicted octanol–water partition coefficient (Wildman–Crippen LogP) is 3.23. The highest BCUT2D eigenvalue weighted by Crippen LogP contribution is 2.25. The van der Waals surface area contributed by atoms with E-state index in [9.17, 15) is 0 Å². The molecule has 1 heterocycles. The number of nitrogens with zero attached hydrogens (tertiary/aromatic N) is 1. The smallest absolute Gasteiger partial charge is 0.377 e. The summed E-state index contributed by atoms with van der Waals surface area (Å²) in [7, 11) is -2.90. The minimum absolute atomic E-state index is 0.102. The van der Waals surface area contributed by atoms with Gasteiger partial charge in [0.05, 0.1) is 6.10 Å². The molecule has 0 saturated heterocycles. The Kier molecular flexibility index (Phi) is 6.65. The maximum absolute atomic E-state index is 8.74. The summed E-state index contributed by atoms with van der Waals surface area (Å²) in [6.07, 6.45) is 5.55. The van der Waals surface area contributed by atoms with Crippen LogP contribution in [0.15, 0.2) is 54.9 Å². The first kappa shape index (κ1) is 19.1. The van der Waals surface area contributed by atoms with Gasteiger partial charge in [0.15, 0.2) is 0 Å². The Morgan fingerprint density at radius 2 is 1.84 bits per heavy atom. The number of rotatable bonds is 5. The Morgan fingerprint density at radius 1 is 1.16 bits per heavy atom. The van der Waals surface area contributed by atoms with Crippen LogP contribution in [0.25, 0.3) is 10.8 Å². The van der Waals surface area contributed by atoms with Crippen molar-refractivity contribution in [3.05, 3.63) is 66.2 Å². The van der Waals surface area contributed by atoms with Crippen LogP contribution >= 0.6 is 0 Å². The van der Waals surface area contributed by atoms with Crippen LogP contribution in [0.1, 0.15) is 23.9 Å². The summed E-state index contributed by atoms with van der Waals surface area (Å²) in [4.78, 5) is 7.39. The van der Waals surface area contributed by atoms with Crippen molar-refractivity contribution in [1.29, 1.82) is 0 Å². The monoisotopic (exact) mass is 364 g/mol. The minimum atomic E-state index is -4.67. The molecule has 3 aromatic rings. The normalized spacial score (nSPS) is 12.4. The van der Waals surface area contributed by atoms with Crippen molar-refractivity contribution in [2.45, 2.75) is 18.9 Å². The van der Waals surface area contributed by atoms with Crippen molar-refractivity contribution in [3.8, 4) is 0 Å². The number of hydrogen-bond acceptors (Lipinski definition) is 4. The fourth-order valence-corrected chi connectivity index (χ4v) is 2.53. The average Bonchev–Trinajstić information content (AvgIpc) is 3.07. The Labute approximate surface area is 146 Å². The molecule has 3 N–H and O–H groups in total. The highest BCUT2D eigenvalue weighted by Gasteiger charge is 2.11. The molecular weight excluding hydrogens is 344 g/mol. The second-order valence-corrected chi connectivity index (χ2v) is 6.25.